The smallest absolute Gasteiger partial charge is 0.257 e. The minimum absolute atomic E-state index is 0.135. The van der Waals surface area contributed by atoms with Gasteiger partial charge in [-0.2, -0.15) is 0 Å². The molecule has 1 unspecified atom stereocenters. The highest BCUT2D eigenvalue weighted by molar-refractivity contribution is 7.16. The summed E-state index contributed by atoms with van der Waals surface area (Å²) in [4.78, 5) is 31.2. The minimum Gasteiger partial charge on any atom is -0.486 e. The molecule has 2 aromatic carbocycles. The second kappa shape index (κ2) is 7.96. The first-order chi connectivity index (χ1) is 16.1. The molecule has 0 fully saturated rings. The average molecular weight is 465 g/mol. The molecule has 2 N–H and O–H groups in total. The Morgan fingerprint density at radius 3 is 2.58 bits per heavy atom. The number of carbonyl (C=O) groups excluding carboxylic acids is 2. The molecule has 3 aliphatic rings. The summed E-state index contributed by atoms with van der Waals surface area (Å²) in [5.41, 5.74) is 1.81. The van der Waals surface area contributed by atoms with Crippen molar-refractivity contribution in [2.45, 2.75) is 18.8 Å². The molecule has 33 heavy (non-hydrogen) atoms. The summed E-state index contributed by atoms with van der Waals surface area (Å²) < 4.78 is 21.7. The molecule has 1 aromatic heterocycles. The molecular weight excluding hydrogens is 446 g/mol. The first-order valence-electron chi connectivity index (χ1n) is 10.6. The molecule has 2 aliphatic heterocycles. The van der Waals surface area contributed by atoms with E-state index in [1.807, 2.05) is 0 Å². The second-order valence-corrected chi connectivity index (χ2v) is 8.87. The summed E-state index contributed by atoms with van der Waals surface area (Å²) in [7, 11) is 0. The number of aromatic nitrogens is 1. The summed E-state index contributed by atoms with van der Waals surface area (Å²) in [5, 5.41) is 6.26. The number of hydrogen-bond donors (Lipinski definition) is 2. The predicted molar refractivity (Wildman–Crippen MR) is 120 cm³/mol. The summed E-state index contributed by atoms with van der Waals surface area (Å²) in [6.07, 6.45) is 1.42. The largest absolute Gasteiger partial charge is 0.486 e. The standard InChI is InChI=1S/C23H19N3O6S/c27-21(12-1-4-16-17(9-12)32-11-31-16)26-23-25-20-14(3-6-19(20)33-23)22(28)24-13-2-5-15-18(10-13)30-8-7-29-15/h1-2,4-5,9-10,14H,3,6-8,11H2,(H,24,28)(H,25,26,27). The number of thiazole rings is 1. The molecule has 0 spiro atoms. The van der Waals surface area contributed by atoms with Crippen molar-refractivity contribution in [3.63, 3.8) is 0 Å². The zero-order chi connectivity index (χ0) is 22.4. The van der Waals surface area contributed by atoms with Gasteiger partial charge in [0.15, 0.2) is 28.1 Å². The van der Waals surface area contributed by atoms with Gasteiger partial charge in [0.05, 0.1) is 11.6 Å². The number of anilines is 2. The van der Waals surface area contributed by atoms with Gasteiger partial charge in [0, 0.05) is 22.2 Å². The highest BCUT2D eigenvalue weighted by Gasteiger charge is 2.33. The van der Waals surface area contributed by atoms with Gasteiger partial charge in [-0.1, -0.05) is 0 Å². The van der Waals surface area contributed by atoms with Gasteiger partial charge in [0.25, 0.3) is 5.91 Å². The topological polar surface area (TPSA) is 108 Å². The Morgan fingerprint density at radius 1 is 0.909 bits per heavy atom. The van der Waals surface area contributed by atoms with E-state index in [1.165, 1.54) is 11.3 Å². The summed E-state index contributed by atoms with van der Waals surface area (Å²) in [6, 6.07) is 10.4. The predicted octanol–water partition coefficient (Wildman–Crippen LogP) is 3.56. The molecule has 0 radical (unpaired) electrons. The number of hydrogen-bond acceptors (Lipinski definition) is 8. The number of nitrogens with one attached hydrogen (secondary N) is 2. The van der Waals surface area contributed by atoms with Crippen LogP contribution in [-0.2, 0) is 11.2 Å². The molecule has 0 bridgehead atoms. The number of fused-ring (bicyclic) bond motifs is 3. The van der Waals surface area contributed by atoms with E-state index in [0.717, 1.165) is 17.0 Å². The van der Waals surface area contributed by atoms with Gasteiger partial charge in [0.2, 0.25) is 12.7 Å². The fourth-order valence-electron chi connectivity index (χ4n) is 4.09. The average Bonchev–Trinajstić information content (AvgIpc) is 3.54. The van der Waals surface area contributed by atoms with Crippen LogP contribution in [0, 0.1) is 0 Å². The molecular formula is C23H19N3O6S. The van der Waals surface area contributed by atoms with Gasteiger partial charge in [-0.25, -0.2) is 4.98 Å². The van der Waals surface area contributed by atoms with Crippen molar-refractivity contribution in [2.24, 2.45) is 0 Å². The monoisotopic (exact) mass is 465 g/mol. The molecule has 0 saturated carbocycles. The Labute approximate surface area is 192 Å². The number of aryl methyl sites for hydroxylation is 1. The van der Waals surface area contributed by atoms with E-state index in [-0.39, 0.29) is 24.5 Å². The van der Waals surface area contributed by atoms with Crippen LogP contribution in [0.15, 0.2) is 36.4 Å². The van der Waals surface area contributed by atoms with E-state index < -0.39 is 0 Å². The van der Waals surface area contributed by atoms with Crippen LogP contribution in [0.2, 0.25) is 0 Å². The number of rotatable bonds is 4. The summed E-state index contributed by atoms with van der Waals surface area (Å²) in [5.74, 6) is 1.65. The van der Waals surface area contributed by atoms with E-state index >= 15 is 0 Å². The highest BCUT2D eigenvalue weighted by Crippen LogP contribution is 2.40. The van der Waals surface area contributed by atoms with Crippen LogP contribution in [0.1, 0.15) is 33.3 Å². The van der Waals surface area contributed by atoms with E-state index in [9.17, 15) is 9.59 Å². The highest BCUT2D eigenvalue weighted by atomic mass is 32.1. The van der Waals surface area contributed by atoms with E-state index in [0.29, 0.717) is 59.0 Å². The minimum atomic E-state index is -0.374. The zero-order valence-electron chi connectivity index (χ0n) is 17.4. The van der Waals surface area contributed by atoms with Crippen LogP contribution >= 0.6 is 11.3 Å². The number of ether oxygens (including phenoxy) is 4. The van der Waals surface area contributed by atoms with Crippen LogP contribution in [0.3, 0.4) is 0 Å². The molecule has 1 aliphatic carbocycles. The lowest BCUT2D eigenvalue weighted by atomic mass is 10.1. The fraction of sp³-hybridized carbons (Fsp3) is 0.261. The summed E-state index contributed by atoms with van der Waals surface area (Å²) in [6.45, 7) is 1.15. The molecule has 9 nitrogen and oxygen atoms in total. The van der Waals surface area contributed by atoms with Crippen molar-refractivity contribution in [3.05, 3.63) is 52.5 Å². The van der Waals surface area contributed by atoms with Gasteiger partial charge >= 0.3 is 0 Å². The molecule has 3 aromatic rings. The third kappa shape index (κ3) is 3.72. The Kier molecular flexibility index (Phi) is 4.79. The molecule has 168 valence electrons. The zero-order valence-corrected chi connectivity index (χ0v) is 18.2. The molecule has 3 heterocycles. The molecule has 1 atom stereocenters. The van der Waals surface area contributed by atoms with Gasteiger partial charge < -0.3 is 24.3 Å². The Hall–Kier alpha value is -3.79. The van der Waals surface area contributed by atoms with Crippen LogP contribution in [-0.4, -0.2) is 36.8 Å². The van der Waals surface area contributed by atoms with Crippen molar-refractivity contribution in [2.75, 3.05) is 30.6 Å². The SMILES string of the molecule is O=C(Nc1nc2c(s1)CCC2C(=O)Nc1ccc2c(c1)OCCO2)c1ccc2c(c1)OCO2. The molecule has 2 amide bonds. The van der Waals surface area contributed by atoms with Crippen molar-refractivity contribution < 1.29 is 28.5 Å². The fourth-order valence-corrected chi connectivity index (χ4v) is 5.13. The number of amides is 2. The van der Waals surface area contributed by atoms with Crippen molar-refractivity contribution in [3.8, 4) is 23.0 Å². The number of benzene rings is 2. The summed E-state index contributed by atoms with van der Waals surface area (Å²) >= 11 is 1.40. The first-order valence-corrected chi connectivity index (χ1v) is 11.4. The Bertz CT molecular complexity index is 1270. The third-order valence-corrected chi connectivity index (χ3v) is 6.75. The second-order valence-electron chi connectivity index (χ2n) is 7.79. The van der Waals surface area contributed by atoms with Crippen LogP contribution < -0.4 is 29.6 Å². The quantitative estimate of drug-likeness (QED) is 0.607. The van der Waals surface area contributed by atoms with Crippen molar-refractivity contribution in [1.82, 2.24) is 4.98 Å². The van der Waals surface area contributed by atoms with Crippen molar-refractivity contribution in [1.29, 1.82) is 0 Å². The maximum atomic E-state index is 13.0. The van der Waals surface area contributed by atoms with Gasteiger partial charge in [-0.05, 0) is 43.2 Å². The molecule has 10 heteroatoms. The van der Waals surface area contributed by atoms with Gasteiger partial charge in [0.1, 0.15) is 13.2 Å². The van der Waals surface area contributed by atoms with E-state index in [2.05, 4.69) is 15.6 Å². The lowest BCUT2D eigenvalue weighted by Crippen LogP contribution is -2.20. The number of nitrogens with zero attached hydrogens (tertiary/aromatic N) is 1. The molecule has 6 rings (SSSR count). The van der Waals surface area contributed by atoms with E-state index in [4.69, 9.17) is 18.9 Å². The normalized spacial score (nSPS) is 17.4. The van der Waals surface area contributed by atoms with Crippen LogP contribution in [0.4, 0.5) is 10.8 Å². The van der Waals surface area contributed by atoms with Gasteiger partial charge in [-0.3, -0.25) is 14.9 Å². The van der Waals surface area contributed by atoms with Crippen LogP contribution in [0.25, 0.3) is 0 Å². The van der Waals surface area contributed by atoms with Gasteiger partial charge in [-0.15, -0.1) is 11.3 Å². The molecule has 0 saturated heterocycles. The Morgan fingerprint density at radius 2 is 1.67 bits per heavy atom. The lowest BCUT2D eigenvalue weighted by molar-refractivity contribution is -0.117. The van der Waals surface area contributed by atoms with Crippen molar-refractivity contribution >= 4 is 34.0 Å². The number of carbonyl (C=O) groups is 2. The maximum absolute atomic E-state index is 13.0. The Balaban J connectivity index is 1.15. The first kappa shape index (κ1) is 19.9. The van der Waals surface area contributed by atoms with Crippen LogP contribution in [0.5, 0.6) is 23.0 Å². The lowest BCUT2D eigenvalue weighted by Gasteiger charge is -2.19. The third-order valence-electron chi connectivity index (χ3n) is 5.70. The van der Waals surface area contributed by atoms with E-state index in [1.54, 1.807) is 36.4 Å². The maximum Gasteiger partial charge on any atom is 0.257 e.